The van der Waals surface area contributed by atoms with Crippen molar-refractivity contribution in [1.29, 1.82) is 0 Å². The Morgan fingerprint density at radius 3 is 2.45 bits per heavy atom. The molecule has 0 radical (unpaired) electrons. The van der Waals surface area contributed by atoms with Crippen molar-refractivity contribution in [2.75, 3.05) is 31.5 Å². The van der Waals surface area contributed by atoms with Crippen molar-refractivity contribution in [3.8, 4) is 0 Å². The first-order valence-corrected chi connectivity index (χ1v) is 16.6. The van der Waals surface area contributed by atoms with Crippen molar-refractivity contribution >= 4 is 46.0 Å². The molecule has 1 aromatic heterocycles. The molecule has 220 valence electrons. The van der Waals surface area contributed by atoms with E-state index in [0.29, 0.717) is 54.2 Å². The van der Waals surface area contributed by atoms with Crippen molar-refractivity contribution in [1.82, 2.24) is 20.1 Å². The number of hydrogen-bond acceptors (Lipinski definition) is 7. The highest BCUT2D eigenvalue weighted by atomic mass is 32.2. The highest BCUT2D eigenvalue weighted by Crippen LogP contribution is 2.44. The first-order valence-electron chi connectivity index (χ1n) is 14.8. The minimum Gasteiger partial charge on any atom is -0.339 e. The monoisotopic (exact) mass is 603 g/mol. The quantitative estimate of drug-likeness (QED) is 0.324. The number of carbonyl (C=O) groups is 3. The molecule has 2 bridgehead atoms. The van der Waals surface area contributed by atoms with Crippen molar-refractivity contribution in [3.63, 3.8) is 0 Å². The van der Waals surface area contributed by atoms with Gasteiger partial charge < -0.3 is 15.1 Å². The lowest BCUT2D eigenvalue weighted by Gasteiger charge is -2.34. The van der Waals surface area contributed by atoms with E-state index in [9.17, 15) is 14.4 Å². The van der Waals surface area contributed by atoms with E-state index < -0.39 is 0 Å². The van der Waals surface area contributed by atoms with Gasteiger partial charge in [-0.25, -0.2) is 4.98 Å². The lowest BCUT2D eigenvalue weighted by molar-refractivity contribution is -0.130. The first kappa shape index (κ1) is 28.9. The highest BCUT2D eigenvalue weighted by molar-refractivity contribution is 8.00. The predicted octanol–water partition coefficient (Wildman–Crippen LogP) is 5.27. The molecule has 3 unspecified atom stereocenters. The van der Waals surface area contributed by atoms with Crippen LogP contribution >= 0.6 is 23.1 Å². The van der Waals surface area contributed by atoms with Gasteiger partial charge in [0.2, 0.25) is 5.91 Å². The van der Waals surface area contributed by atoms with Gasteiger partial charge in [0, 0.05) is 62.6 Å². The summed E-state index contributed by atoms with van der Waals surface area (Å²) in [4.78, 5) is 45.4. The Kier molecular flexibility index (Phi) is 8.92. The molecule has 8 nitrogen and oxygen atoms in total. The van der Waals surface area contributed by atoms with Gasteiger partial charge >= 0.3 is 0 Å². The lowest BCUT2D eigenvalue weighted by atomic mass is 9.95. The van der Waals surface area contributed by atoms with Crippen molar-refractivity contribution in [2.45, 2.75) is 55.2 Å². The van der Waals surface area contributed by atoms with Crippen LogP contribution in [0, 0.1) is 11.8 Å². The van der Waals surface area contributed by atoms with Crippen molar-refractivity contribution < 1.29 is 14.4 Å². The Balaban J connectivity index is 0.966. The Bertz CT molecular complexity index is 1430. The Hall–Kier alpha value is -3.21. The Morgan fingerprint density at radius 1 is 0.952 bits per heavy atom. The zero-order valence-electron chi connectivity index (χ0n) is 23.9. The van der Waals surface area contributed by atoms with Crippen molar-refractivity contribution in [3.05, 3.63) is 77.0 Å². The summed E-state index contributed by atoms with van der Waals surface area (Å²) in [5, 5.41) is 7.23. The van der Waals surface area contributed by atoms with Crippen LogP contribution in [-0.2, 0) is 17.1 Å². The molecule has 3 amide bonds. The standard InChI is InChI=1S/C32H37N5O3S2/c1-21(38)36-11-13-37(14-12-36)31(40)27-4-2-3-24(16-27)20-41-29-19-34-32(42-29)35-30(39)25-8-5-22(6-9-25)18-33-28-17-23-7-10-26(28)15-23/h2-6,8-9,16,19,23,26,28,33H,7,10-15,17-18,20H2,1H3,(H,34,35,39). The molecule has 6 rings (SSSR count). The summed E-state index contributed by atoms with van der Waals surface area (Å²) < 4.78 is 0.990. The number of benzene rings is 2. The lowest BCUT2D eigenvalue weighted by Crippen LogP contribution is -2.50. The van der Waals surface area contributed by atoms with Gasteiger partial charge in [-0.2, -0.15) is 0 Å². The second kappa shape index (κ2) is 13.0. The van der Waals surface area contributed by atoms with Crippen LogP contribution < -0.4 is 10.6 Å². The average Bonchev–Trinajstić information content (AvgIpc) is 3.77. The molecule has 10 heteroatoms. The molecule has 1 aliphatic heterocycles. The third-order valence-electron chi connectivity index (χ3n) is 8.79. The molecular weight excluding hydrogens is 567 g/mol. The van der Waals surface area contributed by atoms with E-state index in [2.05, 4.69) is 15.6 Å². The maximum Gasteiger partial charge on any atom is 0.257 e. The SMILES string of the molecule is CC(=O)N1CCN(C(=O)c2cccc(CSc3cnc(NC(=O)c4ccc(CNC5CC6CCC5C6)cc4)s3)c2)CC1. The summed E-state index contributed by atoms with van der Waals surface area (Å²) in [5.41, 5.74) is 3.52. The molecule has 3 aliphatic rings. The number of hydrogen-bond donors (Lipinski definition) is 2. The third kappa shape index (κ3) is 6.88. The van der Waals surface area contributed by atoms with Gasteiger partial charge in [-0.05, 0) is 66.5 Å². The van der Waals surface area contributed by atoms with Crippen LogP contribution in [-0.4, -0.2) is 64.7 Å². The topological polar surface area (TPSA) is 94.6 Å². The summed E-state index contributed by atoms with van der Waals surface area (Å²) in [5.74, 6) is 2.35. The number of amides is 3. The van der Waals surface area contributed by atoms with Gasteiger partial charge in [0.25, 0.3) is 11.8 Å². The minimum absolute atomic E-state index is 0.00208. The second-order valence-corrected chi connectivity index (χ2v) is 13.9. The number of carbonyl (C=O) groups excluding carboxylic acids is 3. The van der Waals surface area contributed by atoms with Crippen molar-refractivity contribution in [2.24, 2.45) is 11.8 Å². The van der Waals surface area contributed by atoms with Crippen LogP contribution in [0.1, 0.15) is 64.4 Å². The fourth-order valence-corrected chi connectivity index (χ4v) is 8.24. The number of anilines is 1. The zero-order valence-corrected chi connectivity index (χ0v) is 25.5. The van der Waals surface area contributed by atoms with Crippen LogP contribution in [0.15, 0.2) is 58.9 Å². The maximum absolute atomic E-state index is 13.0. The molecular formula is C32H37N5O3S2. The Labute approximate surface area is 255 Å². The zero-order chi connectivity index (χ0) is 29.1. The molecule has 42 heavy (non-hydrogen) atoms. The summed E-state index contributed by atoms with van der Waals surface area (Å²) in [7, 11) is 0. The van der Waals surface area contributed by atoms with Crippen LogP contribution in [0.2, 0.25) is 0 Å². The summed E-state index contributed by atoms with van der Waals surface area (Å²) in [6.45, 7) is 4.66. The molecule has 3 aromatic rings. The highest BCUT2D eigenvalue weighted by Gasteiger charge is 2.39. The third-order valence-corrected chi connectivity index (χ3v) is 11.0. The number of nitrogens with zero attached hydrogens (tertiary/aromatic N) is 3. The van der Waals surface area contributed by atoms with Gasteiger partial charge in [-0.15, -0.1) is 11.8 Å². The van der Waals surface area contributed by atoms with Crippen LogP contribution in [0.5, 0.6) is 0 Å². The van der Waals surface area contributed by atoms with E-state index >= 15 is 0 Å². The molecule has 2 heterocycles. The number of nitrogens with one attached hydrogen (secondary N) is 2. The first-order chi connectivity index (χ1) is 20.4. The van der Waals surface area contributed by atoms with Crippen LogP contribution in [0.3, 0.4) is 0 Å². The minimum atomic E-state index is -0.163. The number of piperazine rings is 1. The molecule has 2 aliphatic carbocycles. The van der Waals surface area contributed by atoms with Crippen LogP contribution in [0.25, 0.3) is 0 Å². The molecule has 1 saturated heterocycles. The van der Waals surface area contributed by atoms with E-state index in [4.69, 9.17) is 0 Å². The van der Waals surface area contributed by atoms with Gasteiger partial charge in [0.15, 0.2) is 5.13 Å². The van der Waals surface area contributed by atoms with Gasteiger partial charge in [-0.1, -0.05) is 42.0 Å². The van der Waals surface area contributed by atoms with E-state index in [-0.39, 0.29) is 17.7 Å². The van der Waals surface area contributed by atoms with Gasteiger partial charge in [0.1, 0.15) is 0 Å². The smallest absolute Gasteiger partial charge is 0.257 e. The normalized spacial score (nSPS) is 21.5. The fourth-order valence-electron chi connectivity index (χ4n) is 6.43. The Morgan fingerprint density at radius 2 is 1.74 bits per heavy atom. The average molecular weight is 604 g/mol. The molecule has 2 aromatic carbocycles. The molecule has 3 atom stereocenters. The predicted molar refractivity (Wildman–Crippen MR) is 167 cm³/mol. The van der Waals surface area contributed by atoms with Gasteiger partial charge in [-0.3, -0.25) is 19.7 Å². The molecule has 2 saturated carbocycles. The number of thiazole rings is 1. The van der Waals surface area contributed by atoms with E-state index in [1.807, 2.05) is 53.4 Å². The molecule has 0 spiro atoms. The summed E-state index contributed by atoms with van der Waals surface area (Å²) in [6, 6.07) is 16.2. The maximum atomic E-state index is 13.0. The van der Waals surface area contributed by atoms with Crippen LogP contribution in [0.4, 0.5) is 5.13 Å². The van der Waals surface area contributed by atoms with E-state index in [0.717, 1.165) is 28.2 Å². The fraction of sp³-hybridized carbons (Fsp3) is 0.438. The summed E-state index contributed by atoms with van der Waals surface area (Å²) >= 11 is 3.07. The summed E-state index contributed by atoms with van der Waals surface area (Å²) in [6.07, 6.45) is 7.26. The number of aromatic nitrogens is 1. The van der Waals surface area contributed by atoms with E-state index in [1.165, 1.54) is 42.6 Å². The number of thioether (sulfide) groups is 1. The molecule has 3 fully saturated rings. The second-order valence-electron chi connectivity index (χ2n) is 11.6. The van der Waals surface area contributed by atoms with E-state index in [1.54, 1.807) is 29.8 Å². The van der Waals surface area contributed by atoms with Gasteiger partial charge in [0.05, 0.1) is 10.4 Å². The largest absolute Gasteiger partial charge is 0.339 e. The molecule has 2 N–H and O–H groups in total. The number of rotatable bonds is 9. The number of fused-ring (bicyclic) bond motifs is 2.